The van der Waals surface area contributed by atoms with Crippen molar-refractivity contribution in [2.45, 2.75) is 0 Å². The van der Waals surface area contributed by atoms with Gasteiger partial charge in [-0.25, -0.2) is 0 Å². The zero-order valence-electron chi connectivity index (χ0n) is 11.2. The highest BCUT2D eigenvalue weighted by atomic mass is 16.2. The molecule has 0 atom stereocenters. The van der Waals surface area contributed by atoms with Crippen LogP contribution in [0.3, 0.4) is 0 Å². The highest BCUT2D eigenvalue weighted by Gasteiger charge is 2.29. The van der Waals surface area contributed by atoms with Gasteiger partial charge >= 0.3 is 0 Å². The van der Waals surface area contributed by atoms with Crippen molar-refractivity contribution < 1.29 is 9.59 Å². The highest BCUT2D eigenvalue weighted by Crippen LogP contribution is 2.25. The second kappa shape index (κ2) is 5.59. The molecule has 1 aliphatic rings. The molecule has 1 aliphatic heterocycles. The highest BCUT2D eigenvalue weighted by molar-refractivity contribution is 6.37. The first kappa shape index (κ1) is 13.1. The summed E-state index contributed by atoms with van der Waals surface area (Å²) < 4.78 is 0. The number of hydrogen-bond acceptors (Lipinski definition) is 2. The standard InChI is InChI=1S/C18H13NO2/c20-17-15(12-11-13-7-3-1-4-8-13)16(18(21)19-17)14-9-5-2-6-10-14/h1-12H,(H,19,20,21). The Labute approximate surface area is 122 Å². The second-order valence-corrected chi connectivity index (χ2v) is 4.68. The lowest BCUT2D eigenvalue weighted by Gasteiger charge is -2.00. The molecule has 3 rings (SSSR count). The van der Waals surface area contributed by atoms with Crippen LogP contribution < -0.4 is 5.32 Å². The molecular weight excluding hydrogens is 262 g/mol. The van der Waals surface area contributed by atoms with Crippen LogP contribution in [-0.4, -0.2) is 11.8 Å². The molecule has 102 valence electrons. The van der Waals surface area contributed by atoms with E-state index in [1.54, 1.807) is 6.08 Å². The number of hydrogen-bond donors (Lipinski definition) is 1. The van der Waals surface area contributed by atoms with Gasteiger partial charge in [-0.05, 0) is 17.2 Å². The summed E-state index contributed by atoms with van der Waals surface area (Å²) >= 11 is 0. The summed E-state index contributed by atoms with van der Waals surface area (Å²) in [6.07, 6.45) is 3.52. The van der Waals surface area contributed by atoms with Crippen molar-refractivity contribution in [3.63, 3.8) is 0 Å². The van der Waals surface area contributed by atoms with Gasteiger partial charge < -0.3 is 0 Å². The molecule has 1 N–H and O–H groups in total. The van der Waals surface area contributed by atoms with Gasteiger partial charge in [0.2, 0.25) is 0 Å². The lowest BCUT2D eigenvalue weighted by molar-refractivity contribution is -0.123. The van der Waals surface area contributed by atoms with E-state index in [9.17, 15) is 9.59 Å². The smallest absolute Gasteiger partial charge is 0.259 e. The fraction of sp³-hybridized carbons (Fsp3) is 0. The van der Waals surface area contributed by atoms with E-state index >= 15 is 0 Å². The van der Waals surface area contributed by atoms with Crippen molar-refractivity contribution in [2.75, 3.05) is 0 Å². The van der Waals surface area contributed by atoms with E-state index in [-0.39, 0.29) is 11.8 Å². The third-order valence-electron chi connectivity index (χ3n) is 3.27. The molecule has 2 amide bonds. The molecule has 3 heteroatoms. The molecule has 21 heavy (non-hydrogen) atoms. The van der Waals surface area contributed by atoms with Crippen LogP contribution in [0.15, 0.2) is 72.3 Å². The summed E-state index contributed by atoms with van der Waals surface area (Å²) in [5.41, 5.74) is 2.54. The van der Waals surface area contributed by atoms with E-state index in [2.05, 4.69) is 5.32 Å². The molecule has 0 unspecified atom stereocenters. The van der Waals surface area contributed by atoms with Crippen LogP contribution in [0.2, 0.25) is 0 Å². The second-order valence-electron chi connectivity index (χ2n) is 4.68. The van der Waals surface area contributed by atoms with Gasteiger partial charge in [-0.2, -0.15) is 0 Å². The number of nitrogens with one attached hydrogen (secondary N) is 1. The molecule has 0 aliphatic carbocycles. The van der Waals surface area contributed by atoms with Crippen molar-refractivity contribution in [2.24, 2.45) is 0 Å². The van der Waals surface area contributed by atoms with Gasteiger partial charge in [-0.1, -0.05) is 66.7 Å². The third-order valence-corrected chi connectivity index (χ3v) is 3.27. The molecule has 2 aromatic carbocycles. The number of carbonyl (C=O) groups excluding carboxylic acids is 2. The first-order valence-corrected chi connectivity index (χ1v) is 6.64. The SMILES string of the molecule is O=C1NC(=O)C(c2ccccc2)=C1C=Cc1ccccc1. The van der Waals surface area contributed by atoms with E-state index < -0.39 is 0 Å². The fourth-order valence-electron chi connectivity index (χ4n) is 2.26. The minimum Gasteiger partial charge on any atom is -0.288 e. The minimum absolute atomic E-state index is 0.348. The topological polar surface area (TPSA) is 46.2 Å². The number of carbonyl (C=O) groups is 2. The van der Waals surface area contributed by atoms with Crippen molar-refractivity contribution in [1.29, 1.82) is 0 Å². The van der Waals surface area contributed by atoms with E-state index in [0.29, 0.717) is 11.1 Å². The Kier molecular flexibility index (Phi) is 3.48. The predicted octanol–water partition coefficient (Wildman–Crippen LogP) is 2.81. The lowest BCUT2D eigenvalue weighted by Crippen LogP contribution is -2.22. The Bertz CT molecular complexity index is 743. The zero-order chi connectivity index (χ0) is 14.7. The van der Waals surface area contributed by atoms with Crippen molar-refractivity contribution >= 4 is 23.5 Å². The minimum atomic E-state index is -0.356. The molecule has 0 saturated heterocycles. The molecule has 2 aromatic rings. The summed E-state index contributed by atoms with van der Waals surface area (Å²) in [7, 11) is 0. The molecule has 0 saturated carbocycles. The van der Waals surface area contributed by atoms with Gasteiger partial charge in [0.05, 0.1) is 11.1 Å². The number of rotatable bonds is 3. The third kappa shape index (κ3) is 2.67. The first-order chi connectivity index (χ1) is 10.3. The van der Waals surface area contributed by atoms with Gasteiger partial charge in [0.1, 0.15) is 0 Å². The van der Waals surface area contributed by atoms with Crippen LogP contribution in [0.1, 0.15) is 11.1 Å². The molecule has 3 nitrogen and oxygen atoms in total. The lowest BCUT2D eigenvalue weighted by atomic mass is 10.0. The maximum atomic E-state index is 12.0. The number of benzene rings is 2. The van der Waals surface area contributed by atoms with Crippen LogP contribution in [0, 0.1) is 0 Å². The van der Waals surface area contributed by atoms with Crippen LogP contribution >= 0.6 is 0 Å². The molecule has 1 heterocycles. The Morgan fingerprint density at radius 3 is 2.00 bits per heavy atom. The molecule has 0 radical (unpaired) electrons. The largest absolute Gasteiger partial charge is 0.288 e. The Morgan fingerprint density at radius 2 is 1.33 bits per heavy atom. The molecule has 0 spiro atoms. The van der Waals surface area contributed by atoms with Crippen molar-refractivity contribution in [1.82, 2.24) is 5.32 Å². The molecule has 0 fully saturated rings. The summed E-state index contributed by atoms with van der Waals surface area (Å²) in [5.74, 6) is -0.704. The van der Waals surface area contributed by atoms with Crippen LogP contribution in [-0.2, 0) is 9.59 Å². The molecular formula is C18H13NO2. The Hall–Kier alpha value is -2.94. The molecule has 0 aromatic heterocycles. The maximum Gasteiger partial charge on any atom is 0.259 e. The summed E-state index contributed by atoms with van der Waals surface area (Å²) in [4.78, 5) is 23.9. The van der Waals surface area contributed by atoms with Crippen LogP contribution in [0.25, 0.3) is 11.6 Å². The fourth-order valence-corrected chi connectivity index (χ4v) is 2.26. The molecule has 0 bridgehead atoms. The van der Waals surface area contributed by atoms with E-state index in [0.717, 1.165) is 11.1 Å². The first-order valence-electron chi connectivity index (χ1n) is 6.64. The van der Waals surface area contributed by atoms with E-state index in [1.165, 1.54) is 0 Å². The van der Waals surface area contributed by atoms with Gasteiger partial charge in [-0.3, -0.25) is 14.9 Å². The number of amides is 2. The van der Waals surface area contributed by atoms with Gasteiger partial charge in [0.15, 0.2) is 0 Å². The monoisotopic (exact) mass is 275 g/mol. The number of imide groups is 1. The van der Waals surface area contributed by atoms with E-state index in [4.69, 9.17) is 0 Å². The van der Waals surface area contributed by atoms with Crippen molar-refractivity contribution in [3.8, 4) is 0 Å². The van der Waals surface area contributed by atoms with Gasteiger partial charge in [0, 0.05) is 0 Å². The van der Waals surface area contributed by atoms with Gasteiger partial charge in [0.25, 0.3) is 11.8 Å². The predicted molar refractivity (Wildman–Crippen MR) is 82.0 cm³/mol. The van der Waals surface area contributed by atoms with Gasteiger partial charge in [-0.15, -0.1) is 0 Å². The summed E-state index contributed by atoms with van der Waals surface area (Å²) in [5, 5.41) is 2.35. The van der Waals surface area contributed by atoms with Crippen molar-refractivity contribution in [3.05, 3.63) is 83.4 Å². The zero-order valence-corrected chi connectivity index (χ0v) is 11.2. The van der Waals surface area contributed by atoms with Crippen LogP contribution in [0.4, 0.5) is 0 Å². The maximum absolute atomic E-state index is 12.0. The van der Waals surface area contributed by atoms with E-state index in [1.807, 2.05) is 66.7 Å². The Morgan fingerprint density at radius 1 is 0.714 bits per heavy atom. The Balaban J connectivity index is 2.04. The normalized spacial score (nSPS) is 14.9. The average molecular weight is 275 g/mol. The average Bonchev–Trinajstić information content (AvgIpc) is 2.81. The summed E-state index contributed by atoms with van der Waals surface area (Å²) in [6.45, 7) is 0. The summed E-state index contributed by atoms with van der Waals surface area (Å²) in [6, 6.07) is 18.9. The van der Waals surface area contributed by atoms with Crippen LogP contribution in [0.5, 0.6) is 0 Å². The quantitative estimate of drug-likeness (QED) is 0.875.